The molecule has 0 heterocycles. The minimum atomic E-state index is -0.0960. The number of para-hydroxylation sites is 1. The molecule has 0 saturated heterocycles. The number of ether oxygens (including phenoxy) is 1. The van der Waals surface area contributed by atoms with E-state index in [-0.39, 0.29) is 24.1 Å². The normalized spacial score (nSPS) is 13.8. The van der Waals surface area contributed by atoms with E-state index in [2.05, 4.69) is 12.2 Å². The number of hydrogen-bond donors (Lipinski definition) is 2. The first-order valence-corrected chi connectivity index (χ1v) is 7.74. The fraction of sp³-hybridized carbons (Fsp3) is 0.588. The van der Waals surface area contributed by atoms with Crippen molar-refractivity contribution in [3.63, 3.8) is 0 Å². The van der Waals surface area contributed by atoms with Crippen molar-refractivity contribution in [2.45, 2.75) is 65.1 Å². The van der Waals surface area contributed by atoms with Crippen molar-refractivity contribution in [1.29, 1.82) is 0 Å². The summed E-state index contributed by atoms with van der Waals surface area (Å²) in [4.78, 5) is 12.0. The Balaban J connectivity index is 2.66. The maximum absolute atomic E-state index is 12.0. The van der Waals surface area contributed by atoms with E-state index in [4.69, 9.17) is 10.5 Å². The maximum atomic E-state index is 12.0. The molecule has 0 aromatic heterocycles. The van der Waals surface area contributed by atoms with Crippen molar-refractivity contribution >= 4 is 5.91 Å². The van der Waals surface area contributed by atoms with Crippen LogP contribution in [0.4, 0.5) is 0 Å². The first-order chi connectivity index (χ1) is 9.93. The summed E-state index contributed by atoms with van der Waals surface area (Å²) >= 11 is 0. The van der Waals surface area contributed by atoms with Gasteiger partial charge in [0.1, 0.15) is 5.75 Å². The lowest BCUT2D eigenvalue weighted by Gasteiger charge is -2.20. The highest BCUT2D eigenvalue weighted by Crippen LogP contribution is 2.25. The highest BCUT2D eigenvalue weighted by Gasteiger charge is 2.16. The molecule has 1 rings (SSSR count). The quantitative estimate of drug-likeness (QED) is 0.773. The van der Waals surface area contributed by atoms with E-state index in [1.54, 1.807) is 0 Å². The first kappa shape index (κ1) is 17.5. The lowest BCUT2D eigenvalue weighted by atomic mass is 10.1. The van der Waals surface area contributed by atoms with Gasteiger partial charge in [0, 0.05) is 18.0 Å². The zero-order valence-corrected chi connectivity index (χ0v) is 13.6. The fourth-order valence-corrected chi connectivity index (χ4v) is 2.29. The molecule has 0 spiro atoms. The molecule has 0 aliphatic carbocycles. The van der Waals surface area contributed by atoms with E-state index in [0.717, 1.165) is 24.2 Å². The van der Waals surface area contributed by atoms with Crippen molar-refractivity contribution in [3.05, 3.63) is 29.8 Å². The second kappa shape index (κ2) is 8.67. The minimum absolute atomic E-state index is 0.0113. The van der Waals surface area contributed by atoms with Crippen LogP contribution in [0.2, 0.25) is 0 Å². The summed E-state index contributed by atoms with van der Waals surface area (Å²) < 4.78 is 5.79. The van der Waals surface area contributed by atoms with E-state index in [0.29, 0.717) is 6.42 Å². The fourth-order valence-electron chi connectivity index (χ4n) is 2.29. The Bertz CT molecular complexity index is 446. The molecular weight excluding hydrogens is 264 g/mol. The van der Waals surface area contributed by atoms with Gasteiger partial charge in [-0.25, -0.2) is 0 Å². The molecule has 0 fully saturated rings. The van der Waals surface area contributed by atoms with Gasteiger partial charge in [0.25, 0.3) is 0 Å². The van der Waals surface area contributed by atoms with Crippen LogP contribution in [0.5, 0.6) is 5.75 Å². The van der Waals surface area contributed by atoms with E-state index in [9.17, 15) is 4.79 Å². The average Bonchev–Trinajstić information content (AvgIpc) is 2.38. The zero-order valence-electron chi connectivity index (χ0n) is 13.6. The van der Waals surface area contributed by atoms with Crippen LogP contribution < -0.4 is 15.8 Å². The second-order valence-electron chi connectivity index (χ2n) is 5.75. The molecule has 2 atom stereocenters. The van der Waals surface area contributed by atoms with Crippen LogP contribution in [-0.2, 0) is 4.79 Å². The lowest BCUT2D eigenvalue weighted by molar-refractivity contribution is -0.122. The molecule has 0 saturated carbocycles. The summed E-state index contributed by atoms with van der Waals surface area (Å²) in [6, 6.07) is 7.64. The molecule has 21 heavy (non-hydrogen) atoms. The van der Waals surface area contributed by atoms with Crippen molar-refractivity contribution in [2.24, 2.45) is 5.73 Å². The Morgan fingerprint density at radius 2 is 1.95 bits per heavy atom. The van der Waals surface area contributed by atoms with E-state index in [1.807, 2.05) is 45.0 Å². The third-order valence-corrected chi connectivity index (χ3v) is 3.23. The molecule has 3 N–H and O–H groups in total. The Labute approximate surface area is 128 Å². The lowest BCUT2D eigenvalue weighted by Crippen LogP contribution is -2.33. The van der Waals surface area contributed by atoms with Gasteiger partial charge in [-0.2, -0.15) is 0 Å². The summed E-state index contributed by atoms with van der Waals surface area (Å²) in [7, 11) is 0. The van der Waals surface area contributed by atoms with Crippen molar-refractivity contribution in [2.75, 3.05) is 0 Å². The van der Waals surface area contributed by atoms with Gasteiger partial charge in [0.15, 0.2) is 0 Å². The monoisotopic (exact) mass is 292 g/mol. The van der Waals surface area contributed by atoms with Gasteiger partial charge in [-0.1, -0.05) is 31.5 Å². The molecule has 1 aromatic rings. The summed E-state index contributed by atoms with van der Waals surface area (Å²) in [5.41, 5.74) is 6.90. The molecule has 4 nitrogen and oxygen atoms in total. The second-order valence-corrected chi connectivity index (χ2v) is 5.75. The molecule has 118 valence electrons. The van der Waals surface area contributed by atoms with Crippen LogP contribution in [0.1, 0.15) is 58.6 Å². The van der Waals surface area contributed by atoms with Crippen molar-refractivity contribution in [3.8, 4) is 5.75 Å². The Hall–Kier alpha value is -1.55. The standard InChI is InChI=1S/C17H28N2O2/c1-5-8-14(18)11-17(20)19-13(4)15-9-6-7-10-16(15)21-12(2)3/h6-7,9-10,12-14H,5,8,11,18H2,1-4H3,(H,19,20). The number of carbonyl (C=O) groups excluding carboxylic acids is 1. The minimum Gasteiger partial charge on any atom is -0.491 e. The Morgan fingerprint density at radius 1 is 1.29 bits per heavy atom. The largest absolute Gasteiger partial charge is 0.491 e. The van der Waals surface area contributed by atoms with Gasteiger partial charge in [-0.15, -0.1) is 0 Å². The summed E-state index contributed by atoms with van der Waals surface area (Å²) in [5.74, 6) is 0.806. The van der Waals surface area contributed by atoms with Crippen LogP contribution in [0.3, 0.4) is 0 Å². The van der Waals surface area contributed by atoms with Crippen molar-refractivity contribution in [1.82, 2.24) is 5.32 Å². The molecule has 0 aliphatic heterocycles. The number of rotatable bonds is 8. The number of benzene rings is 1. The number of hydrogen-bond acceptors (Lipinski definition) is 3. The summed E-state index contributed by atoms with van der Waals surface area (Å²) in [6.45, 7) is 8.01. The average molecular weight is 292 g/mol. The molecule has 0 aliphatic rings. The number of nitrogens with one attached hydrogen (secondary N) is 1. The Morgan fingerprint density at radius 3 is 2.57 bits per heavy atom. The van der Waals surface area contributed by atoms with Crippen LogP contribution in [0.25, 0.3) is 0 Å². The molecule has 1 amide bonds. The number of amides is 1. The van der Waals surface area contributed by atoms with Gasteiger partial charge in [0.05, 0.1) is 12.1 Å². The number of nitrogens with two attached hydrogens (primary N) is 1. The Kier molecular flexibility index (Phi) is 7.23. The zero-order chi connectivity index (χ0) is 15.8. The van der Waals surface area contributed by atoms with Crippen LogP contribution >= 0.6 is 0 Å². The first-order valence-electron chi connectivity index (χ1n) is 7.74. The topological polar surface area (TPSA) is 64.4 Å². The van der Waals surface area contributed by atoms with Crippen LogP contribution in [-0.4, -0.2) is 18.1 Å². The summed E-state index contributed by atoms with van der Waals surface area (Å²) in [6.07, 6.45) is 2.34. The summed E-state index contributed by atoms with van der Waals surface area (Å²) in [5, 5.41) is 3.00. The van der Waals surface area contributed by atoms with E-state index < -0.39 is 0 Å². The van der Waals surface area contributed by atoms with Gasteiger partial charge in [0.2, 0.25) is 5.91 Å². The highest BCUT2D eigenvalue weighted by atomic mass is 16.5. The number of carbonyl (C=O) groups is 1. The van der Waals surface area contributed by atoms with Crippen LogP contribution in [0, 0.1) is 0 Å². The predicted octanol–water partition coefficient (Wildman–Crippen LogP) is 3.17. The SMILES string of the molecule is CCCC(N)CC(=O)NC(C)c1ccccc1OC(C)C. The van der Waals surface area contributed by atoms with E-state index >= 15 is 0 Å². The molecule has 4 heteroatoms. The van der Waals surface area contributed by atoms with Crippen LogP contribution in [0.15, 0.2) is 24.3 Å². The molecule has 0 radical (unpaired) electrons. The molecule has 0 bridgehead atoms. The van der Waals surface area contributed by atoms with Gasteiger partial charge >= 0.3 is 0 Å². The predicted molar refractivity (Wildman–Crippen MR) is 86.3 cm³/mol. The van der Waals surface area contributed by atoms with Crippen molar-refractivity contribution < 1.29 is 9.53 Å². The maximum Gasteiger partial charge on any atom is 0.222 e. The van der Waals surface area contributed by atoms with Gasteiger partial charge in [-0.3, -0.25) is 4.79 Å². The van der Waals surface area contributed by atoms with E-state index in [1.165, 1.54) is 0 Å². The molecular formula is C17H28N2O2. The third kappa shape index (κ3) is 6.17. The van der Waals surface area contributed by atoms with Gasteiger partial charge in [-0.05, 0) is 33.3 Å². The molecule has 2 unspecified atom stereocenters. The highest BCUT2D eigenvalue weighted by molar-refractivity contribution is 5.77. The third-order valence-electron chi connectivity index (χ3n) is 3.23. The molecule has 1 aromatic carbocycles. The smallest absolute Gasteiger partial charge is 0.222 e. The van der Waals surface area contributed by atoms with Gasteiger partial charge < -0.3 is 15.8 Å².